The third kappa shape index (κ3) is 3.18. The van der Waals surface area contributed by atoms with Crippen molar-refractivity contribution in [2.75, 3.05) is 20.2 Å². The highest BCUT2D eigenvalue weighted by Crippen LogP contribution is 2.37. The number of fused-ring (bicyclic) bond motifs is 1. The summed E-state index contributed by atoms with van der Waals surface area (Å²) >= 11 is 0. The van der Waals surface area contributed by atoms with Crippen LogP contribution in [0.2, 0.25) is 0 Å². The van der Waals surface area contributed by atoms with Gasteiger partial charge in [0, 0.05) is 36.3 Å². The zero-order valence-corrected chi connectivity index (χ0v) is 17.2. The number of piperidine rings is 1. The Hall–Kier alpha value is -2.06. The number of carbonyl (C=O) groups excluding carboxylic acids is 1. The highest BCUT2D eigenvalue weighted by molar-refractivity contribution is 6.65. The van der Waals surface area contributed by atoms with E-state index < -0.39 is 18.3 Å². The van der Waals surface area contributed by atoms with Gasteiger partial charge in [-0.2, -0.15) is 0 Å². The summed E-state index contributed by atoms with van der Waals surface area (Å²) in [5.74, 6) is 0.230. The second-order valence-electron chi connectivity index (χ2n) is 8.73. The molecule has 2 aromatic heterocycles. The monoisotopic (exact) mass is 385 g/mol. The molecule has 2 fully saturated rings. The van der Waals surface area contributed by atoms with Crippen LogP contribution in [0.4, 0.5) is 4.79 Å². The minimum atomic E-state index is -0.433. The summed E-state index contributed by atoms with van der Waals surface area (Å²) in [5.41, 5.74) is 2.09. The summed E-state index contributed by atoms with van der Waals surface area (Å²) in [7, 11) is 0.993. The molecule has 0 spiro atoms. The average Bonchev–Trinajstić information content (AvgIpc) is 3.19. The van der Waals surface area contributed by atoms with Gasteiger partial charge in [-0.3, -0.25) is 0 Å². The van der Waals surface area contributed by atoms with Gasteiger partial charge in [-0.1, -0.05) is 0 Å². The summed E-state index contributed by atoms with van der Waals surface area (Å²) in [6, 6.07) is 4.10. The Morgan fingerprint density at radius 1 is 1.32 bits per heavy atom. The first-order chi connectivity index (χ1) is 13.2. The van der Waals surface area contributed by atoms with Gasteiger partial charge >= 0.3 is 13.2 Å². The van der Waals surface area contributed by atoms with Gasteiger partial charge < -0.3 is 23.9 Å². The third-order valence-electron chi connectivity index (χ3n) is 6.39. The number of amides is 1. The molecule has 2 aliphatic rings. The molecule has 0 radical (unpaired) electrons. The molecule has 1 atom stereocenters. The molecule has 1 N–H and O–H groups in total. The summed E-state index contributed by atoms with van der Waals surface area (Å²) in [5, 5.41) is 1.01. The first-order valence-corrected chi connectivity index (χ1v) is 9.88. The van der Waals surface area contributed by atoms with Crippen LogP contribution in [0.15, 0.2) is 18.3 Å². The predicted octanol–water partition coefficient (Wildman–Crippen LogP) is 2.81. The quantitative estimate of drug-likeness (QED) is 0.805. The van der Waals surface area contributed by atoms with Crippen molar-refractivity contribution in [3.63, 3.8) is 0 Å². The van der Waals surface area contributed by atoms with Gasteiger partial charge in [0.25, 0.3) is 0 Å². The Morgan fingerprint density at radius 2 is 2.04 bits per heavy atom. The number of carbonyl (C=O) groups is 1. The van der Waals surface area contributed by atoms with Gasteiger partial charge in [0.15, 0.2) is 0 Å². The van der Waals surface area contributed by atoms with E-state index in [1.165, 1.54) is 7.11 Å². The molecule has 0 aliphatic carbocycles. The normalized spacial score (nSPS) is 24.0. The molecule has 0 aromatic carbocycles. The SMILES string of the molecule is COC(=O)N1CCCC(c2cc3c(B4OC(C)(C)C(C)(C)O4)ccnc3[nH]2)C1. The van der Waals surface area contributed by atoms with Crippen LogP contribution in [-0.2, 0) is 14.0 Å². The van der Waals surface area contributed by atoms with Gasteiger partial charge in [0.1, 0.15) is 5.65 Å². The lowest BCUT2D eigenvalue weighted by atomic mass is 9.77. The van der Waals surface area contributed by atoms with Crippen LogP contribution < -0.4 is 5.46 Å². The Labute approximate surface area is 165 Å². The number of ether oxygens (including phenoxy) is 1. The molecule has 1 unspecified atom stereocenters. The van der Waals surface area contributed by atoms with E-state index in [1.54, 1.807) is 11.1 Å². The Kier molecular flexibility index (Phi) is 4.66. The number of hydrogen-bond donors (Lipinski definition) is 1. The van der Waals surface area contributed by atoms with Crippen molar-refractivity contribution in [3.8, 4) is 0 Å². The van der Waals surface area contributed by atoms with Crippen LogP contribution in [0.5, 0.6) is 0 Å². The molecule has 2 aliphatic heterocycles. The molecule has 0 saturated carbocycles. The van der Waals surface area contributed by atoms with E-state index in [-0.39, 0.29) is 12.0 Å². The van der Waals surface area contributed by atoms with Crippen molar-refractivity contribution in [1.82, 2.24) is 14.9 Å². The molecule has 28 heavy (non-hydrogen) atoms. The molecule has 2 aromatic rings. The first kappa shape index (κ1) is 19.3. The highest BCUT2D eigenvalue weighted by atomic mass is 16.7. The van der Waals surface area contributed by atoms with Crippen molar-refractivity contribution in [3.05, 3.63) is 24.0 Å². The third-order valence-corrected chi connectivity index (χ3v) is 6.39. The molecule has 4 rings (SSSR count). The summed E-state index contributed by atoms with van der Waals surface area (Å²) < 4.78 is 17.4. The van der Waals surface area contributed by atoms with Crippen molar-refractivity contribution in [1.29, 1.82) is 0 Å². The standard InChI is InChI=1S/C20H28BN3O4/c1-19(2)20(3,4)28-21(27-19)15-8-9-22-17-14(15)11-16(23-17)13-7-6-10-24(12-13)18(25)26-5/h8-9,11,13H,6-7,10,12H2,1-5H3,(H,22,23). The molecule has 150 valence electrons. The van der Waals surface area contributed by atoms with Gasteiger partial charge in [-0.15, -0.1) is 0 Å². The average molecular weight is 385 g/mol. The number of pyridine rings is 1. The van der Waals surface area contributed by atoms with Gasteiger partial charge in [-0.05, 0) is 58.1 Å². The van der Waals surface area contributed by atoms with Crippen LogP contribution in [-0.4, -0.2) is 59.5 Å². The topological polar surface area (TPSA) is 76.7 Å². The van der Waals surface area contributed by atoms with Gasteiger partial charge in [-0.25, -0.2) is 9.78 Å². The van der Waals surface area contributed by atoms with Gasteiger partial charge in [0.05, 0.1) is 18.3 Å². The van der Waals surface area contributed by atoms with Crippen molar-refractivity contribution in [2.45, 2.75) is 57.7 Å². The van der Waals surface area contributed by atoms with Crippen molar-refractivity contribution >= 4 is 29.7 Å². The molecule has 7 nitrogen and oxygen atoms in total. The lowest BCUT2D eigenvalue weighted by molar-refractivity contribution is 0.00578. The molecular formula is C20H28BN3O4. The fourth-order valence-corrected chi connectivity index (χ4v) is 3.99. The smallest absolute Gasteiger partial charge is 0.453 e. The number of aromatic nitrogens is 2. The maximum absolute atomic E-state index is 11.9. The van der Waals surface area contributed by atoms with E-state index in [0.717, 1.165) is 41.6 Å². The van der Waals surface area contributed by atoms with E-state index >= 15 is 0 Å². The maximum Gasteiger partial charge on any atom is 0.495 e. The fourth-order valence-electron chi connectivity index (χ4n) is 3.99. The molecule has 2 saturated heterocycles. The summed E-state index contributed by atoms with van der Waals surface area (Å²) in [6.45, 7) is 9.59. The van der Waals surface area contributed by atoms with E-state index in [9.17, 15) is 4.79 Å². The zero-order valence-electron chi connectivity index (χ0n) is 17.2. The van der Waals surface area contributed by atoms with Crippen LogP contribution in [0.25, 0.3) is 11.0 Å². The Morgan fingerprint density at radius 3 is 2.71 bits per heavy atom. The van der Waals surface area contributed by atoms with Crippen LogP contribution in [0.3, 0.4) is 0 Å². The second-order valence-corrected chi connectivity index (χ2v) is 8.73. The Bertz CT molecular complexity index is 879. The number of rotatable bonds is 2. The van der Waals surface area contributed by atoms with E-state index in [4.69, 9.17) is 14.0 Å². The van der Waals surface area contributed by atoms with Crippen LogP contribution in [0, 0.1) is 0 Å². The van der Waals surface area contributed by atoms with Crippen LogP contribution in [0.1, 0.15) is 52.1 Å². The highest BCUT2D eigenvalue weighted by Gasteiger charge is 2.52. The number of aromatic amines is 1. The first-order valence-electron chi connectivity index (χ1n) is 9.88. The van der Waals surface area contributed by atoms with E-state index in [1.807, 2.05) is 6.07 Å². The van der Waals surface area contributed by atoms with Crippen LogP contribution >= 0.6 is 0 Å². The maximum atomic E-state index is 11.9. The lowest BCUT2D eigenvalue weighted by Gasteiger charge is -2.32. The number of nitrogens with one attached hydrogen (secondary N) is 1. The number of H-pyrrole nitrogens is 1. The number of likely N-dealkylation sites (tertiary alicyclic amines) is 1. The predicted molar refractivity (Wildman–Crippen MR) is 108 cm³/mol. The van der Waals surface area contributed by atoms with Crippen molar-refractivity contribution < 1.29 is 18.8 Å². The fraction of sp³-hybridized carbons (Fsp3) is 0.600. The molecule has 0 bridgehead atoms. The van der Waals surface area contributed by atoms with E-state index in [0.29, 0.717) is 6.54 Å². The minimum Gasteiger partial charge on any atom is -0.453 e. The zero-order chi connectivity index (χ0) is 20.1. The molecule has 1 amide bonds. The molecule has 4 heterocycles. The number of hydrogen-bond acceptors (Lipinski definition) is 5. The van der Waals surface area contributed by atoms with Gasteiger partial charge in [0.2, 0.25) is 0 Å². The minimum absolute atomic E-state index is 0.230. The molecule has 8 heteroatoms. The second kappa shape index (κ2) is 6.78. The Balaban J connectivity index is 1.64. The summed E-state index contributed by atoms with van der Waals surface area (Å²) in [4.78, 5) is 21.6. The lowest BCUT2D eigenvalue weighted by Crippen LogP contribution is -2.41. The number of nitrogens with zero attached hydrogens (tertiary/aromatic N) is 2. The summed E-state index contributed by atoms with van der Waals surface area (Å²) in [6.07, 6.45) is 3.49. The van der Waals surface area contributed by atoms with Crippen molar-refractivity contribution in [2.24, 2.45) is 0 Å². The van der Waals surface area contributed by atoms with E-state index in [2.05, 4.69) is 43.7 Å². The number of methoxy groups -OCH3 is 1. The molecular weight excluding hydrogens is 357 g/mol. The largest absolute Gasteiger partial charge is 0.495 e.